The zero-order valence-electron chi connectivity index (χ0n) is 17.0. The summed E-state index contributed by atoms with van der Waals surface area (Å²) in [6, 6.07) is 13.8. The van der Waals surface area contributed by atoms with Crippen molar-refractivity contribution in [2.45, 2.75) is 39.0 Å². The molecule has 154 valence electrons. The van der Waals surface area contributed by atoms with E-state index in [4.69, 9.17) is 0 Å². The predicted molar refractivity (Wildman–Crippen MR) is 111 cm³/mol. The van der Waals surface area contributed by atoms with Crippen molar-refractivity contribution >= 4 is 11.6 Å². The second-order valence-corrected chi connectivity index (χ2v) is 8.14. The third-order valence-electron chi connectivity index (χ3n) is 5.36. The van der Waals surface area contributed by atoms with E-state index in [0.29, 0.717) is 18.7 Å². The topological polar surface area (TPSA) is 86.9 Å². The molecule has 1 amide bonds. The second-order valence-electron chi connectivity index (χ2n) is 8.14. The first-order valence-corrected chi connectivity index (χ1v) is 9.75. The van der Waals surface area contributed by atoms with E-state index in [9.17, 15) is 20.0 Å². The Kier molecular flexibility index (Phi) is 6.00. The monoisotopic (exact) mass is 397 g/mol. The molecule has 1 aliphatic heterocycles. The fourth-order valence-electron chi connectivity index (χ4n) is 3.65. The molecular formula is C22H27N3O4. The Morgan fingerprint density at radius 1 is 1.14 bits per heavy atom. The molecule has 1 fully saturated rings. The van der Waals surface area contributed by atoms with Crippen molar-refractivity contribution in [1.82, 2.24) is 9.80 Å². The zero-order valence-corrected chi connectivity index (χ0v) is 17.0. The van der Waals surface area contributed by atoms with Gasteiger partial charge in [0.15, 0.2) is 0 Å². The molecule has 7 heteroatoms. The number of hydrogen-bond acceptors (Lipinski definition) is 5. The number of amides is 1. The highest BCUT2D eigenvalue weighted by Crippen LogP contribution is 2.22. The smallest absolute Gasteiger partial charge is 0.269 e. The number of nitro benzene ring substituents is 1. The number of carbonyl (C=O) groups excluding carboxylic acids is 1. The van der Waals surface area contributed by atoms with Gasteiger partial charge in [0.05, 0.1) is 10.5 Å². The summed E-state index contributed by atoms with van der Waals surface area (Å²) in [4.78, 5) is 27.4. The van der Waals surface area contributed by atoms with Crippen LogP contribution in [0.1, 0.15) is 42.3 Å². The molecule has 3 rings (SSSR count). The Bertz CT molecular complexity index is 872. The van der Waals surface area contributed by atoms with Gasteiger partial charge in [-0.05, 0) is 44.0 Å². The average Bonchev–Trinajstić information content (AvgIpc) is 2.67. The fourth-order valence-corrected chi connectivity index (χ4v) is 3.65. The van der Waals surface area contributed by atoms with Crippen LogP contribution in [0.15, 0.2) is 48.5 Å². The third kappa shape index (κ3) is 4.99. The lowest BCUT2D eigenvalue weighted by atomic mass is 9.97. The van der Waals surface area contributed by atoms with Gasteiger partial charge < -0.3 is 10.0 Å². The Morgan fingerprint density at radius 3 is 2.28 bits per heavy atom. The van der Waals surface area contributed by atoms with Gasteiger partial charge in [-0.2, -0.15) is 0 Å². The van der Waals surface area contributed by atoms with Crippen LogP contribution in [0.25, 0.3) is 0 Å². The second kappa shape index (κ2) is 8.31. The summed E-state index contributed by atoms with van der Waals surface area (Å²) in [5.41, 5.74) is 1.57. The molecule has 0 saturated carbocycles. The lowest BCUT2D eigenvalue weighted by molar-refractivity contribution is -0.384. The number of hydrogen-bond donors (Lipinski definition) is 1. The molecule has 1 atom stereocenters. The van der Waals surface area contributed by atoms with Gasteiger partial charge in [0.25, 0.3) is 11.6 Å². The molecule has 0 aliphatic carbocycles. The highest BCUT2D eigenvalue weighted by molar-refractivity contribution is 5.94. The summed E-state index contributed by atoms with van der Waals surface area (Å²) in [5, 5.41) is 20.8. The first-order chi connectivity index (χ1) is 13.6. The fraction of sp³-hybridized carbons (Fsp3) is 0.409. The molecule has 1 heterocycles. The number of non-ortho nitro benzene ring substituents is 1. The van der Waals surface area contributed by atoms with Crippen LogP contribution >= 0.6 is 0 Å². The minimum absolute atomic E-state index is 0.00483. The van der Waals surface area contributed by atoms with Gasteiger partial charge in [-0.1, -0.05) is 24.3 Å². The van der Waals surface area contributed by atoms with Crippen LogP contribution in [0.5, 0.6) is 0 Å². The maximum atomic E-state index is 12.9. The summed E-state index contributed by atoms with van der Waals surface area (Å²) in [5.74, 6) is -0.00483. The highest BCUT2D eigenvalue weighted by Gasteiger charge is 2.28. The van der Waals surface area contributed by atoms with Gasteiger partial charge in [-0.15, -0.1) is 0 Å². The summed E-state index contributed by atoms with van der Waals surface area (Å²) < 4.78 is 0. The first kappa shape index (κ1) is 21.0. The predicted octanol–water partition coefficient (Wildman–Crippen LogP) is 3.17. The van der Waals surface area contributed by atoms with Crippen molar-refractivity contribution in [3.05, 3.63) is 75.3 Å². The van der Waals surface area contributed by atoms with Crippen LogP contribution in [0.4, 0.5) is 5.69 Å². The van der Waals surface area contributed by atoms with Crippen molar-refractivity contribution in [2.75, 3.05) is 19.6 Å². The molecule has 0 aromatic heterocycles. The summed E-state index contributed by atoms with van der Waals surface area (Å²) in [7, 11) is 0. The van der Waals surface area contributed by atoms with Crippen molar-refractivity contribution in [3.8, 4) is 0 Å². The maximum absolute atomic E-state index is 12.9. The van der Waals surface area contributed by atoms with Gasteiger partial charge in [0.2, 0.25) is 0 Å². The van der Waals surface area contributed by atoms with Crippen molar-refractivity contribution < 1.29 is 14.8 Å². The van der Waals surface area contributed by atoms with Gasteiger partial charge in [-0.3, -0.25) is 19.8 Å². The zero-order chi connectivity index (χ0) is 21.2. The third-order valence-corrected chi connectivity index (χ3v) is 5.36. The molecule has 1 aliphatic rings. The lowest BCUT2D eigenvalue weighted by Gasteiger charge is -2.40. The average molecular weight is 397 g/mol. The summed E-state index contributed by atoms with van der Waals surface area (Å²) >= 11 is 0. The number of carbonyl (C=O) groups is 1. The molecule has 2 aromatic rings. The first-order valence-electron chi connectivity index (χ1n) is 9.75. The molecule has 0 spiro atoms. The van der Waals surface area contributed by atoms with Crippen LogP contribution in [-0.4, -0.2) is 51.4 Å². The van der Waals surface area contributed by atoms with Crippen molar-refractivity contribution in [3.63, 3.8) is 0 Å². The lowest BCUT2D eigenvalue weighted by Crippen LogP contribution is -2.53. The highest BCUT2D eigenvalue weighted by atomic mass is 16.6. The van der Waals surface area contributed by atoms with Crippen LogP contribution in [0.2, 0.25) is 0 Å². The SMILES string of the molecule is C[C@@H]1CN(Cc2ccc([N+](=O)[O-])cc2)CCN1C(=O)c1ccc(C(C)(C)O)cc1. The van der Waals surface area contributed by atoms with Crippen LogP contribution in [0, 0.1) is 10.1 Å². The normalized spacial score (nSPS) is 17.9. The number of nitro groups is 1. The minimum Gasteiger partial charge on any atom is -0.386 e. The molecule has 1 N–H and O–H groups in total. The van der Waals surface area contributed by atoms with E-state index < -0.39 is 10.5 Å². The molecule has 0 bridgehead atoms. The van der Waals surface area contributed by atoms with E-state index in [0.717, 1.165) is 24.2 Å². The Morgan fingerprint density at radius 2 is 1.76 bits per heavy atom. The van der Waals surface area contributed by atoms with Crippen LogP contribution < -0.4 is 0 Å². The van der Waals surface area contributed by atoms with Crippen LogP contribution in [0.3, 0.4) is 0 Å². The van der Waals surface area contributed by atoms with E-state index in [1.165, 1.54) is 12.1 Å². The summed E-state index contributed by atoms with van der Waals surface area (Å²) in [6.45, 7) is 8.28. The van der Waals surface area contributed by atoms with E-state index in [2.05, 4.69) is 4.90 Å². The van der Waals surface area contributed by atoms with Crippen LogP contribution in [-0.2, 0) is 12.1 Å². The Balaban J connectivity index is 1.60. The molecule has 0 radical (unpaired) electrons. The van der Waals surface area contributed by atoms with Gasteiger partial charge in [-0.25, -0.2) is 0 Å². The van der Waals surface area contributed by atoms with Gasteiger partial charge in [0, 0.05) is 49.9 Å². The van der Waals surface area contributed by atoms with E-state index in [1.54, 1.807) is 50.2 Å². The molecule has 1 saturated heterocycles. The van der Waals surface area contributed by atoms with E-state index in [1.807, 2.05) is 11.8 Å². The molecule has 7 nitrogen and oxygen atoms in total. The quantitative estimate of drug-likeness (QED) is 0.619. The van der Waals surface area contributed by atoms with Crippen molar-refractivity contribution in [1.29, 1.82) is 0 Å². The number of piperazine rings is 1. The van der Waals surface area contributed by atoms with Gasteiger partial charge in [0.1, 0.15) is 0 Å². The van der Waals surface area contributed by atoms with E-state index >= 15 is 0 Å². The number of rotatable bonds is 5. The van der Waals surface area contributed by atoms with Crippen molar-refractivity contribution in [2.24, 2.45) is 0 Å². The standard InChI is InChI=1S/C22H27N3O4/c1-16-14-23(15-17-4-10-20(11-5-17)25(28)29)12-13-24(16)21(26)18-6-8-19(9-7-18)22(2,3)27/h4-11,16,27H,12-15H2,1-3H3/t16-/m1/s1. The number of benzene rings is 2. The molecule has 29 heavy (non-hydrogen) atoms. The minimum atomic E-state index is -0.932. The maximum Gasteiger partial charge on any atom is 0.269 e. The molecule has 0 unspecified atom stereocenters. The van der Waals surface area contributed by atoms with Gasteiger partial charge >= 0.3 is 0 Å². The molecule has 2 aromatic carbocycles. The Hall–Kier alpha value is -2.77. The number of nitrogens with zero attached hydrogens (tertiary/aromatic N) is 3. The van der Waals surface area contributed by atoms with E-state index in [-0.39, 0.29) is 17.6 Å². The largest absolute Gasteiger partial charge is 0.386 e. The summed E-state index contributed by atoms with van der Waals surface area (Å²) in [6.07, 6.45) is 0. The number of aliphatic hydroxyl groups is 1. The molecular weight excluding hydrogens is 370 g/mol. The Labute approximate surface area is 170 Å².